The predicted octanol–water partition coefficient (Wildman–Crippen LogP) is 2.84. The average Bonchev–Trinajstić information content (AvgIpc) is 3.17. The zero-order chi connectivity index (χ0) is 20.5. The number of rotatable bonds is 9. The van der Waals surface area contributed by atoms with Crippen molar-refractivity contribution in [2.24, 2.45) is 0 Å². The first kappa shape index (κ1) is 21.6. The zero-order valence-corrected chi connectivity index (χ0v) is 17.1. The quantitative estimate of drug-likeness (QED) is 0.602. The molecule has 0 saturated carbocycles. The largest absolute Gasteiger partial charge is 0.348 e. The normalized spacial score (nSPS) is 11.7. The number of amides is 3. The summed E-state index contributed by atoms with van der Waals surface area (Å²) in [5, 5.41) is 10.4. The SMILES string of the molecule is CCN(CC(=O)Nc1ccc(NC(C)=O)cc1)CC(=O)N[C@H](C)c1cccs1. The van der Waals surface area contributed by atoms with Gasteiger partial charge < -0.3 is 16.0 Å². The Morgan fingerprint density at radius 2 is 1.61 bits per heavy atom. The van der Waals surface area contributed by atoms with E-state index < -0.39 is 0 Å². The number of nitrogens with one attached hydrogen (secondary N) is 3. The molecule has 7 nitrogen and oxygen atoms in total. The number of carbonyl (C=O) groups is 3. The molecule has 150 valence electrons. The summed E-state index contributed by atoms with van der Waals surface area (Å²) in [6, 6.07) is 10.7. The van der Waals surface area contributed by atoms with Gasteiger partial charge in [-0.05, 0) is 49.2 Å². The summed E-state index contributed by atoms with van der Waals surface area (Å²) in [5.41, 5.74) is 1.29. The second kappa shape index (κ2) is 10.6. The van der Waals surface area contributed by atoms with E-state index in [1.807, 2.05) is 31.4 Å². The van der Waals surface area contributed by atoms with Crippen LogP contribution in [0, 0.1) is 0 Å². The van der Waals surface area contributed by atoms with Gasteiger partial charge in [0.2, 0.25) is 17.7 Å². The Balaban J connectivity index is 1.81. The van der Waals surface area contributed by atoms with Gasteiger partial charge in [0.15, 0.2) is 0 Å². The van der Waals surface area contributed by atoms with Crippen LogP contribution in [0.2, 0.25) is 0 Å². The minimum atomic E-state index is -0.201. The van der Waals surface area contributed by atoms with Crippen LogP contribution < -0.4 is 16.0 Å². The van der Waals surface area contributed by atoms with Gasteiger partial charge in [0.1, 0.15) is 0 Å². The number of anilines is 2. The third kappa shape index (κ3) is 7.13. The highest BCUT2D eigenvalue weighted by molar-refractivity contribution is 7.10. The molecule has 1 aromatic carbocycles. The molecular weight excluding hydrogens is 376 g/mol. The first-order valence-corrected chi connectivity index (χ1v) is 9.98. The molecule has 3 amide bonds. The fraction of sp³-hybridized carbons (Fsp3) is 0.350. The van der Waals surface area contributed by atoms with E-state index in [9.17, 15) is 14.4 Å². The van der Waals surface area contributed by atoms with E-state index in [1.165, 1.54) is 6.92 Å². The molecule has 0 fully saturated rings. The van der Waals surface area contributed by atoms with E-state index in [4.69, 9.17) is 0 Å². The molecule has 0 radical (unpaired) electrons. The van der Waals surface area contributed by atoms with Gasteiger partial charge in [0.05, 0.1) is 19.1 Å². The van der Waals surface area contributed by atoms with Crippen LogP contribution in [0.15, 0.2) is 41.8 Å². The number of nitrogens with zero attached hydrogens (tertiary/aromatic N) is 1. The van der Waals surface area contributed by atoms with Gasteiger partial charge in [-0.3, -0.25) is 19.3 Å². The van der Waals surface area contributed by atoms with Crippen molar-refractivity contribution < 1.29 is 14.4 Å². The van der Waals surface area contributed by atoms with Gasteiger partial charge in [-0.1, -0.05) is 13.0 Å². The standard InChI is InChI=1S/C20H26N4O3S/c1-4-24(12-19(26)21-14(2)18-6-5-11-28-18)13-20(27)23-17-9-7-16(8-10-17)22-15(3)25/h5-11,14H,4,12-13H2,1-3H3,(H,21,26)(H,22,25)(H,23,27)/t14-/m1/s1. The maximum absolute atomic E-state index is 12.3. The third-order valence-corrected chi connectivity index (χ3v) is 5.07. The monoisotopic (exact) mass is 402 g/mol. The predicted molar refractivity (Wildman–Crippen MR) is 112 cm³/mol. The van der Waals surface area contributed by atoms with E-state index in [-0.39, 0.29) is 36.9 Å². The van der Waals surface area contributed by atoms with Gasteiger partial charge in [0.25, 0.3) is 0 Å². The Kier molecular flexibility index (Phi) is 8.16. The Bertz CT molecular complexity index is 790. The average molecular weight is 403 g/mol. The molecule has 2 aromatic rings. The van der Waals surface area contributed by atoms with Crippen molar-refractivity contribution in [3.63, 3.8) is 0 Å². The van der Waals surface area contributed by atoms with E-state index in [0.29, 0.717) is 17.9 Å². The van der Waals surface area contributed by atoms with Crippen LogP contribution in [0.4, 0.5) is 11.4 Å². The van der Waals surface area contributed by atoms with Crippen LogP contribution in [-0.2, 0) is 14.4 Å². The number of likely N-dealkylation sites (N-methyl/N-ethyl adjacent to an activating group) is 1. The number of benzene rings is 1. The van der Waals surface area contributed by atoms with Gasteiger partial charge in [-0.25, -0.2) is 0 Å². The van der Waals surface area contributed by atoms with Gasteiger partial charge in [-0.2, -0.15) is 0 Å². The van der Waals surface area contributed by atoms with Crippen LogP contribution >= 0.6 is 11.3 Å². The molecule has 1 heterocycles. The maximum Gasteiger partial charge on any atom is 0.238 e. The summed E-state index contributed by atoms with van der Waals surface area (Å²) in [7, 11) is 0. The summed E-state index contributed by atoms with van der Waals surface area (Å²) in [6.07, 6.45) is 0. The van der Waals surface area contributed by atoms with Crippen LogP contribution in [0.1, 0.15) is 31.7 Å². The van der Waals surface area contributed by atoms with Crippen molar-refractivity contribution in [2.75, 3.05) is 30.3 Å². The minimum absolute atomic E-state index is 0.0536. The molecule has 2 rings (SSSR count). The van der Waals surface area contributed by atoms with Crippen molar-refractivity contribution in [3.8, 4) is 0 Å². The lowest BCUT2D eigenvalue weighted by Gasteiger charge is -2.21. The van der Waals surface area contributed by atoms with Crippen LogP contribution in [0.5, 0.6) is 0 Å². The highest BCUT2D eigenvalue weighted by Gasteiger charge is 2.16. The second-order valence-corrected chi connectivity index (χ2v) is 7.39. The molecule has 0 aliphatic carbocycles. The lowest BCUT2D eigenvalue weighted by Crippen LogP contribution is -2.41. The summed E-state index contributed by atoms with van der Waals surface area (Å²) < 4.78 is 0. The Hall–Kier alpha value is -2.71. The van der Waals surface area contributed by atoms with E-state index in [0.717, 1.165) is 4.88 Å². The molecule has 0 aliphatic rings. The highest BCUT2D eigenvalue weighted by Crippen LogP contribution is 2.18. The molecule has 0 saturated heterocycles. The molecule has 0 aliphatic heterocycles. The fourth-order valence-corrected chi connectivity index (χ4v) is 3.36. The van der Waals surface area contributed by atoms with Crippen molar-refractivity contribution in [3.05, 3.63) is 46.7 Å². The number of carbonyl (C=O) groups excluding carboxylic acids is 3. The van der Waals surface area contributed by atoms with Crippen LogP contribution in [0.25, 0.3) is 0 Å². The maximum atomic E-state index is 12.3. The Labute approximate surface area is 169 Å². The third-order valence-electron chi connectivity index (χ3n) is 4.02. The Morgan fingerprint density at radius 1 is 1.00 bits per heavy atom. The molecule has 0 spiro atoms. The van der Waals surface area contributed by atoms with Crippen molar-refractivity contribution >= 4 is 40.4 Å². The molecule has 1 atom stereocenters. The summed E-state index contributed by atoms with van der Waals surface area (Å²) in [4.78, 5) is 38.5. The lowest BCUT2D eigenvalue weighted by atomic mass is 10.2. The number of hydrogen-bond acceptors (Lipinski definition) is 5. The summed E-state index contributed by atoms with van der Waals surface area (Å²) in [6.45, 7) is 6.14. The highest BCUT2D eigenvalue weighted by atomic mass is 32.1. The van der Waals surface area contributed by atoms with Crippen LogP contribution in [0.3, 0.4) is 0 Å². The van der Waals surface area contributed by atoms with Crippen molar-refractivity contribution in [1.82, 2.24) is 10.2 Å². The van der Waals surface area contributed by atoms with Gasteiger partial charge >= 0.3 is 0 Å². The lowest BCUT2D eigenvalue weighted by molar-refractivity contribution is -0.124. The topological polar surface area (TPSA) is 90.5 Å². The molecule has 8 heteroatoms. The van der Waals surface area contributed by atoms with Crippen LogP contribution in [-0.4, -0.2) is 42.3 Å². The van der Waals surface area contributed by atoms with Gasteiger partial charge in [0, 0.05) is 23.2 Å². The minimum Gasteiger partial charge on any atom is -0.348 e. The second-order valence-electron chi connectivity index (χ2n) is 6.41. The van der Waals surface area contributed by atoms with Gasteiger partial charge in [-0.15, -0.1) is 11.3 Å². The number of hydrogen-bond donors (Lipinski definition) is 3. The first-order valence-electron chi connectivity index (χ1n) is 9.10. The molecule has 28 heavy (non-hydrogen) atoms. The molecule has 0 unspecified atom stereocenters. The number of thiophene rings is 1. The van der Waals surface area contributed by atoms with Crippen molar-refractivity contribution in [1.29, 1.82) is 0 Å². The fourth-order valence-electron chi connectivity index (χ4n) is 2.62. The smallest absolute Gasteiger partial charge is 0.238 e. The Morgan fingerprint density at radius 3 is 2.14 bits per heavy atom. The molecule has 3 N–H and O–H groups in total. The molecule has 1 aromatic heterocycles. The first-order chi connectivity index (χ1) is 13.4. The molecule has 0 bridgehead atoms. The summed E-state index contributed by atoms with van der Waals surface area (Å²) >= 11 is 1.60. The molecular formula is C20H26N4O3S. The zero-order valence-electron chi connectivity index (χ0n) is 16.3. The van der Waals surface area contributed by atoms with E-state index in [2.05, 4.69) is 16.0 Å². The van der Waals surface area contributed by atoms with E-state index in [1.54, 1.807) is 40.5 Å². The summed E-state index contributed by atoms with van der Waals surface area (Å²) in [5.74, 6) is -0.467. The van der Waals surface area contributed by atoms with Crippen molar-refractivity contribution in [2.45, 2.75) is 26.8 Å². The van der Waals surface area contributed by atoms with E-state index >= 15 is 0 Å².